The zero-order valence-corrected chi connectivity index (χ0v) is 18.5. The predicted molar refractivity (Wildman–Crippen MR) is 123 cm³/mol. The van der Waals surface area contributed by atoms with E-state index in [1.165, 1.54) is 29.5 Å². The number of thiophene rings is 1. The molecule has 0 saturated heterocycles. The summed E-state index contributed by atoms with van der Waals surface area (Å²) in [7, 11) is -3.50. The van der Waals surface area contributed by atoms with Gasteiger partial charge >= 0.3 is 5.97 Å². The van der Waals surface area contributed by atoms with E-state index in [1.807, 2.05) is 5.38 Å². The lowest BCUT2D eigenvalue weighted by Gasteiger charge is -2.06. The number of hydrogen-bond donors (Lipinski definition) is 2. The number of carbonyl (C=O) groups is 2. The molecule has 1 amide bonds. The molecule has 0 spiro atoms. The van der Waals surface area contributed by atoms with Gasteiger partial charge in [-0.25, -0.2) is 17.9 Å². The summed E-state index contributed by atoms with van der Waals surface area (Å²) >= 11 is 1.35. The molecule has 1 aliphatic carbocycles. The van der Waals surface area contributed by atoms with Gasteiger partial charge in [0.25, 0.3) is 5.91 Å². The Morgan fingerprint density at radius 3 is 2.34 bits per heavy atom. The molecule has 0 unspecified atom stereocenters. The summed E-state index contributed by atoms with van der Waals surface area (Å²) in [4.78, 5) is 24.9. The third-order valence-corrected chi connectivity index (χ3v) is 6.98. The number of ether oxygens (including phenoxy) is 1. The molecular formula is C23H20N2O5S2. The highest BCUT2D eigenvalue weighted by Gasteiger charge is 2.27. The molecule has 1 saturated carbocycles. The van der Waals surface area contributed by atoms with Gasteiger partial charge in [-0.1, -0.05) is 18.2 Å². The minimum absolute atomic E-state index is 0.0423. The van der Waals surface area contributed by atoms with Gasteiger partial charge in [0, 0.05) is 17.8 Å². The van der Waals surface area contributed by atoms with Gasteiger partial charge in [-0.15, -0.1) is 11.3 Å². The molecule has 9 heteroatoms. The molecule has 1 heterocycles. The van der Waals surface area contributed by atoms with Gasteiger partial charge in [-0.3, -0.25) is 4.79 Å². The van der Waals surface area contributed by atoms with Gasteiger partial charge in [-0.2, -0.15) is 0 Å². The molecule has 7 nitrogen and oxygen atoms in total. The summed E-state index contributed by atoms with van der Waals surface area (Å²) in [6, 6.07) is 16.3. The first kappa shape index (κ1) is 21.9. The quantitative estimate of drug-likeness (QED) is 0.295. The van der Waals surface area contributed by atoms with E-state index in [-0.39, 0.29) is 16.8 Å². The highest BCUT2D eigenvalue weighted by Crippen LogP contribution is 2.22. The van der Waals surface area contributed by atoms with Crippen LogP contribution in [-0.2, 0) is 14.8 Å². The maximum atomic E-state index is 12.2. The van der Waals surface area contributed by atoms with Crippen molar-refractivity contribution < 1.29 is 22.7 Å². The number of carbonyl (C=O) groups excluding carboxylic acids is 2. The summed E-state index contributed by atoms with van der Waals surface area (Å²) in [6.07, 6.45) is 4.55. The van der Waals surface area contributed by atoms with Gasteiger partial charge in [0.15, 0.2) is 0 Å². The molecule has 1 aromatic heterocycles. The molecule has 4 rings (SSSR count). The molecule has 0 atom stereocenters. The van der Waals surface area contributed by atoms with E-state index in [0.717, 1.165) is 12.8 Å². The monoisotopic (exact) mass is 468 g/mol. The second-order valence-corrected chi connectivity index (χ2v) is 9.84. The standard InChI is InChI=1S/C23H20N2O5S2/c26-22(14-5-16-3-12-20(13-4-16)32(28,29)25-18-6-7-18)30-19-10-8-17(9-11-19)24-23(27)21-2-1-15-31-21/h1-5,8-15,18,25H,6-7H2,(H,24,27)/b14-5+. The van der Waals surface area contributed by atoms with Crippen LogP contribution in [0.5, 0.6) is 5.75 Å². The van der Waals surface area contributed by atoms with Crippen LogP contribution in [0.2, 0.25) is 0 Å². The summed E-state index contributed by atoms with van der Waals surface area (Å²) in [5.74, 6) is -0.441. The number of hydrogen-bond acceptors (Lipinski definition) is 6. The first-order valence-electron chi connectivity index (χ1n) is 9.86. The number of amides is 1. The third kappa shape index (κ3) is 5.91. The molecule has 1 aliphatic rings. The summed E-state index contributed by atoms with van der Waals surface area (Å²) in [5.41, 5.74) is 1.25. The van der Waals surface area contributed by atoms with Crippen molar-refractivity contribution in [3.05, 3.63) is 82.6 Å². The van der Waals surface area contributed by atoms with E-state index < -0.39 is 16.0 Å². The van der Waals surface area contributed by atoms with E-state index in [4.69, 9.17) is 4.74 Å². The zero-order valence-electron chi connectivity index (χ0n) is 16.9. The number of nitrogens with one attached hydrogen (secondary N) is 2. The van der Waals surface area contributed by atoms with Crippen molar-refractivity contribution in [2.45, 2.75) is 23.8 Å². The Kier molecular flexibility index (Phi) is 6.50. The highest BCUT2D eigenvalue weighted by atomic mass is 32.2. The fourth-order valence-corrected chi connectivity index (χ4v) is 4.69. The maximum Gasteiger partial charge on any atom is 0.336 e. The summed E-state index contributed by atoms with van der Waals surface area (Å²) < 4.78 is 32.2. The van der Waals surface area contributed by atoms with Gasteiger partial charge < -0.3 is 10.1 Å². The van der Waals surface area contributed by atoms with Crippen molar-refractivity contribution >= 4 is 45.0 Å². The maximum absolute atomic E-state index is 12.2. The lowest BCUT2D eigenvalue weighted by Crippen LogP contribution is -2.25. The topological polar surface area (TPSA) is 102 Å². The molecule has 0 radical (unpaired) electrons. The molecule has 0 bridgehead atoms. The molecule has 164 valence electrons. The Morgan fingerprint density at radius 2 is 1.72 bits per heavy atom. The Balaban J connectivity index is 1.30. The average Bonchev–Trinajstić information content (AvgIpc) is 3.40. The smallest absolute Gasteiger partial charge is 0.336 e. The van der Waals surface area contributed by atoms with E-state index in [0.29, 0.717) is 21.9 Å². The molecule has 3 aromatic rings. The molecule has 1 fully saturated rings. The van der Waals surface area contributed by atoms with Gasteiger partial charge in [0.2, 0.25) is 10.0 Å². The largest absolute Gasteiger partial charge is 0.423 e. The normalized spacial score (nSPS) is 13.8. The summed E-state index contributed by atoms with van der Waals surface area (Å²) in [6.45, 7) is 0. The third-order valence-electron chi connectivity index (χ3n) is 4.58. The van der Waals surface area contributed by atoms with Crippen LogP contribution in [0.25, 0.3) is 6.08 Å². The van der Waals surface area contributed by atoms with Crippen LogP contribution in [0.3, 0.4) is 0 Å². The Hall–Kier alpha value is -3.27. The second kappa shape index (κ2) is 9.47. The first-order valence-corrected chi connectivity index (χ1v) is 12.2. The van der Waals surface area contributed by atoms with Crippen LogP contribution < -0.4 is 14.8 Å². The van der Waals surface area contributed by atoms with Crippen molar-refractivity contribution in [2.24, 2.45) is 0 Å². The van der Waals surface area contributed by atoms with Gasteiger partial charge in [0.1, 0.15) is 5.75 Å². The highest BCUT2D eigenvalue weighted by molar-refractivity contribution is 7.89. The number of sulfonamides is 1. The van der Waals surface area contributed by atoms with Crippen LogP contribution in [0.15, 0.2) is 77.0 Å². The van der Waals surface area contributed by atoms with Crippen LogP contribution in [0.4, 0.5) is 5.69 Å². The van der Waals surface area contributed by atoms with Gasteiger partial charge in [-0.05, 0) is 72.3 Å². The number of anilines is 1. The minimum atomic E-state index is -3.50. The van der Waals surface area contributed by atoms with E-state index in [9.17, 15) is 18.0 Å². The summed E-state index contributed by atoms with van der Waals surface area (Å²) in [5, 5.41) is 4.60. The predicted octanol–water partition coefficient (Wildman–Crippen LogP) is 4.06. The van der Waals surface area contributed by atoms with Crippen molar-refractivity contribution in [1.82, 2.24) is 4.72 Å². The Morgan fingerprint density at radius 1 is 1.00 bits per heavy atom. The van der Waals surface area contributed by atoms with Gasteiger partial charge in [0.05, 0.1) is 9.77 Å². The fraction of sp³-hybridized carbons (Fsp3) is 0.130. The average molecular weight is 469 g/mol. The number of benzene rings is 2. The SMILES string of the molecule is O=C(/C=C/c1ccc(S(=O)(=O)NC2CC2)cc1)Oc1ccc(NC(=O)c2cccs2)cc1. The Bertz CT molecular complexity index is 1230. The molecule has 2 aromatic carbocycles. The lowest BCUT2D eigenvalue weighted by molar-refractivity contribution is -0.128. The van der Waals surface area contributed by atoms with E-state index in [1.54, 1.807) is 54.6 Å². The van der Waals surface area contributed by atoms with Crippen LogP contribution in [0.1, 0.15) is 28.1 Å². The second-order valence-electron chi connectivity index (χ2n) is 7.17. The number of rotatable bonds is 8. The number of esters is 1. The zero-order chi connectivity index (χ0) is 22.6. The first-order chi connectivity index (χ1) is 15.4. The van der Waals surface area contributed by atoms with Crippen LogP contribution in [0, 0.1) is 0 Å². The van der Waals surface area contributed by atoms with Crippen molar-refractivity contribution in [3.8, 4) is 5.75 Å². The van der Waals surface area contributed by atoms with Crippen LogP contribution >= 0.6 is 11.3 Å². The molecule has 32 heavy (non-hydrogen) atoms. The van der Waals surface area contributed by atoms with Crippen LogP contribution in [-0.4, -0.2) is 26.3 Å². The molecule has 0 aliphatic heterocycles. The van der Waals surface area contributed by atoms with E-state index in [2.05, 4.69) is 10.0 Å². The lowest BCUT2D eigenvalue weighted by atomic mass is 10.2. The molecular weight excluding hydrogens is 448 g/mol. The Labute approximate surface area is 189 Å². The fourth-order valence-electron chi connectivity index (χ4n) is 2.77. The molecule has 2 N–H and O–H groups in total. The van der Waals surface area contributed by atoms with Crippen molar-refractivity contribution in [3.63, 3.8) is 0 Å². The van der Waals surface area contributed by atoms with Crippen molar-refractivity contribution in [1.29, 1.82) is 0 Å². The minimum Gasteiger partial charge on any atom is -0.423 e. The van der Waals surface area contributed by atoms with Crippen molar-refractivity contribution in [2.75, 3.05) is 5.32 Å². The van der Waals surface area contributed by atoms with E-state index >= 15 is 0 Å².